The summed E-state index contributed by atoms with van der Waals surface area (Å²) < 4.78 is 9.91. The van der Waals surface area contributed by atoms with Crippen LogP contribution in [-0.4, -0.2) is 55.1 Å². The van der Waals surface area contributed by atoms with Crippen molar-refractivity contribution in [1.29, 1.82) is 0 Å². The van der Waals surface area contributed by atoms with Gasteiger partial charge < -0.3 is 20.1 Å². The summed E-state index contributed by atoms with van der Waals surface area (Å²) >= 11 is 5.44. The lowest BCUT2D eigenvalue weighted by molar-refractivity contribution is -0.144. The van der Waals surface area contributed by atoms with Crippen LogP contribution < -0.4 is 10.6 Å². The fourth-order valence-electron chi connectivity index (χ4n) is 2.28. The molecule has 0 radical (unpaired) electrons. The van der Waals surface area contributed by atoms with Crippen LogP contribution in [0.25, 0.3) is 0 Å². The SMILES string of the molecule is CC(C)CCNC(=O)[C@H](CC(C)C)NC(=O)[C@H]1O[C@@H]1C(=O)OCCCl. The molecule has 2 N–H and O–H groups in total. The van der Waals surface area contributed by atoms with Crippen molar-refractivity contribution >= 4 is 29.4 Å². The van der Waals surface area contributed by atoms with Crippen molar-refractivity contribution in [3.8, 4) is 0 Å². The van der Waals surface area contributed by atoms with Gasteiger partial charge in [0.05, 0.1) is 5.88 Å². The number of alkyl halides is 1. The topological polar surface area (TPSA) is 97.0 Å². The van der Waals surface area contributed by atoms with Gasteiger partial charge in [-0.25, -0.2) is 4.79 Å². The standard InChI is InChI=1S/C17H29ClN2O5/c1-10(2)5-7-19-15(21)12(9-11(3)4)20-16(22)13-14(25-13)17(23)24-8-6-18/h10-14H,5-9H2,1-4H3,(H,19,21)(H,20,22)/t12-,13-,14-/m0/s1. The molecule has 0 aromatic carbocycles. The largest absolute Gasteiger partial charge is 0.462 e. The number of rotatable bonds is 11. The predicted molar refractivity (Wildman–Crippen MR) is 94.2 cm³/mol. The molecular formula is C17H29ClN2O5. The van der Waals surface area contributed by atoms with E-state index in [4.69, 9.17) is 21.1 Å². The zero-order chi connectivity index (χ0) is 19.0. The molecule has 0 bridgehead atoms. The van der Waals surface area contributed by atoms with Crippen molar-refractivity contribution in [1.82, 2.24) is 10.6 Å². The highest BCUT2D eigenvalue weighted by Gasteiger charge is 2.52. The molecule has 0 saturated carbocycles. The van der Waals surface area contributed by atoms with Crippen LogP contribution in [0, 0.1) is 11.8 Å². The number of epoxide rings is 1. The molecule has 1 heterocycles. The molecule has 144 valence electrons. The molecule has 2 amide bonds. The fraction of sp³-hybridized carbons (Fsp3) is 0.824. The monoisotopic (exact) mass is 376 g/mol. The molecule has 0 unspecified atom stereocenters. The first-order valence-electron chi connectivity index (χ1n) is 8.72. The molecule has 0 aromatic heterocycles. The van der Waals surface area contributed by atoms with E-state index in [0.717, 1.165) is 6.42 Å². The van der Waals surface area contributed by atoms with Gasteiger partial charge in [-0.1, -0.05) is 27.7 Å². The van der Waals surface area contributed by atoms with Gasteiger partial charge >= 0.3 is 5.97 Å². The van der Waals surface area contributed by atoms with Gasteiger partial charge in [0.25, 0.3) is 5.91 Å². The third-order valence-corrected chi connectivity index (χ3v) is 3.82. The van der Waals surface area contributed by atoms with Crippen LogP contribution in [-0.2, 0) is 23.9 Å². The number of hydrogen-bond donors (Lipinski definition) is 2. The lowest BCUT2D eigenvalue weighted by Gasteiger charge is -2.20. The van der Waals surface area contributed by atoms with Crippen molar-refractivity contribution in [2.24, 2.45) is 11.8 Å². The minimum Gasteiger partial charge on any atom is -0.462 e. The van der Waals surface area contributed by atoms with Crippen LogP contribution in [0.4, 0.5) is 0 Å². The number of halogens is 1. The lowest BCUT2D eigenvalue weighted by Crippen LogP contribution is -2.49. The summed E-state index contributed by atoms with van der Waals surface area (Å²) in [6.45, 7) is 8.74. The molecule has 0 aliphatic carbocycles. The Balaban J connectivity index is 2.50. The molecular weight excluding hydrogens is 348 g/mol. The van der Waals surface area contributed by atoms with E-state index >= 15 is 0 Å². The number of hydrogen-bond acceptors (Lipinski definition) is 5. The van der Waals surface area contributed by atoms with E-state index in [1.165, 1.54) is 0 Å². The predicted octanol–water partition coefficient (Wildman–Crippen LogP) is 1.23. The van der Waals surface area contributed by atoms with E-state index in [9.17, 15) is 14.4 Å². The summed E-state index contributed by atoms with van der Waals surface area (Å²) in [5.74, 6) is -0.406. The Morgan fingerprint density at radius 2 is 1.80 bits per heavy atom. The minimum absolute atomic E-state index is 0.0722. The summed E-state index contributed by atoms with van der Waals surface area (Å²) in [6.07, 6.45) is -0.436. The van der Waals surface area contributed by atoms with E-state index in [1.54, 1.807) is 0 Å². The quantitative estimate of drug-likeness (QED) is 0.321. The summed E-state index contributed by atoms with van der Waals surface area (Å²) in [7, 11) is 0. The third-order valence-electron chi connectivity index (χ3n) is 3.66. The maximum Gasteiger partial charge on any atom is 0.338 e. The van der Waals surface area contributed by atoms with Crippen molar-refractivity contribution in [3.05, 3.63) is 0 Å². The minimum atomic E-state index is -0.910. The van der Waals surface area contributed by atoms with Gasteiger partial charge in [-0.15, -0.1) is 11.6 Å². The Hall–Kier alpha value is -1.34. The molecule has 1 fully saturated rings. The van der Waals surface area contributed by atoms with E-state index in [0.29, 0.717) is 18.9 Å². The summed E-state index contributed by atoms with van der Waals surface area (Å²) in [6, 6.07) is -0.650. The first-order valence-corrected chi connectivity index (χ1v) is 9.25. The summed E-state index contributed by atoms with van der Waals surface area (Å²) in [5.41, 5.74) is 0. The Bertz CT molecular complexity index is 470. The van der Waals surface area contributed by atoms with Crippen molar-refractivity contribution in [3.63, 3.8) is 0 Å². The number of nitrogens with one attached hydrogen (secondary N) is 2. The lowest BCUT2D eigenvalue weighted by atomic mass is 10.0. The van der Waals surface area contributed by atoms with Gasteiger partial charge in [0.15, 0.2) is 12.2 Å². The number of carbonyl (C=O) groups excluding carboxylic acids is 3. The van der Waals surface area contributed by atoms with Gasteiger partial charge in [-0.2, -0.15) is 0 Å². The van der Waals surface area contributed by atoms with Crippen molar-refractivity contribution in [2.75, 3.05) is 19.0 Å². The fourth-order valence-corrected chi connectivity index (χ4v) is 2.35. The second-order valence-corrected chi connectivity index (χ2v) is 7.38. The van der Waals surface area contributed by atoms with Crippen LogP contribution in [0.15, 0.2) is 0 Å². The molecule has 25 heavy (non-hydrogen) atoms. The van der Waals surface area contributed by atoms with E-state index < -0.39 is 30.1 Å². The summed E-state index contributed by atoms with van der Waals surface area (Å²) in [5, 5.41) is 5.52. The van der Waals surface area contributed by atoms with E-state index in [2.05, 4.69) is 24.5 Å². The molecule has 3 atom stereocenters. The van der Waals surface area contributed by atoms with Gasteiger partial charge in [0.1, 0.15) is 12.6 Å². The van der Waals surface area contributed by atoms with Gasteiger partial charge in [0, 0.05) is 6.54 Å². The second kappa shape index (κ2) is 10.6. The number of carbonyl (C=O) groups is 3. The second-order valence-electron chi connectivity index (χ2n) is 7.00. The maximum absolute atomic E-state index is 12.3. The molecule has 7 nitrogen and oxygen atoms in total. The number of ether oxygens (including phenoxy) is 2. The van der Waals surface area contributed by atoms with E-state index in [-0.39, 0.29) is 24.3 Å². The van der Waals surface area contributed by atoms with E-state index in [1.807, 2.05) is 13.8 Å². The van der Waals surface area contributed by atoms with Crippen LogP contribution in [0.5, 0.6) is 0 Å². The van der Waals surface area contributed by atoms with Gasteiger partial charge in [0.2, 0.25) is 5.91 Å². The van der Waals surface area contributed by atoms with Crippen molar-refractivity contribution < 1.29 is 23.9 Å². The Morgan fingerprint density at radius 1 is 1.12 bits per heavy atom. The van der Waals surface area contributed by atoms with Crippen LogP contribution >= 0.6 is 11.6 Å². The smallest absolute Gasteiger partial charge is 0.338 e. The highest BCUT2D eigenvalue weighted by atomic mass is 35.5. The molecule has 1 saturated heterocycles. The average molecular weight is 377 g/mol. The molecule has 1 aliphatic rings. The van der Waals surface area contributed by atoms with Crippen LogP contribution in [0.3, 0.4) is 0 Å². The van der Waals surface area contributed by atoms with Gasteiger partial charge in [-0.05, 0) is 24.7 Å². The van der Waals surface area contributed by atoms with Gasteiger partial charge in [-0.3, -0.25) is 9.59 Å². The van der Waals surface area contributed by atoms with Crippen LogP contribution in [0.1, 0.15) is 40.5 Å². The van der Waals surface area contributed by atoms with Crippen LogP contribution in [0.2, 0.25) is 0 Å². The summed E-state index contributed by atoms with van der Waals surface area (Å²) in [4.78, 5) is 36.2. The Morgan fingerprint density at radius 3 is 2.36 bits per heavy atom. The zero-order valence-corrected chi connectivity index (χ0v) is 16.1. The number of amides is 2. The Kier molecular flexibility index (Phi) is 9.21. The number of esters is 1. The van der Waals surface area contributed by atoms with Crippen molar-refractivity contribution in [2.45, 2.75) is 58.8 Å². The Labute approximate surface area is 154 Å². The highest BCUT2D eigenvalue weighted by molar-refractivity contribution is 6.18. The first kappa shape index (κ1) is 21.7. The molecule has 1 rings (SSSR count). The first-order chi connectivity index (χ1) is 11.8. The maximum atomic E-state index is 12.3. The highest BCUT2D eigenvalue weighted by Crippen LogP contribution is 2.24. The zero-order valence-electron chi connectivity index (χ0n) is 15.3. The molecule has 0 aromatic rings. The molecule has 1 aliphatic heterocycles. The normalized spacial score (nSPS) is 20.3. The third kappa shape index (κ3) is 8.05. The molecule has 8 heteroatoms. The molecule has 0 spiro atoms. The average Bonchev–Trinajstić information content (AvgIpc) is 3.31.